The van der Waals surface area contributed by atoms with Gasteiger partial charge in [-0.2, -0.15) is 0 Å². The predicted molar refractivity (Wildman–Crippen MR) is 99.7 cm³/mol. The Kier molecular flexibility index (Phi) is 4.63. The number of halogens is 2. The number of carbonyl (C=O) groups excluding carboxylic acids is 2. The highest BCUT2D eigenvalue weighted by molar-refractivity contribution is 6.42. The number of carbonyl (C=O) groups is 2. The molecule has 2 saturated heterocycles. The summed E-state index contributed by atoms with van der Waals surface area (Å²) in [5, 5.41) is 7.07. The van der Waals surface area contributed by atoms with Gasteiger partial charge in [0.15, 0.2) is 0 Å². The maximum absolute atomic E-state index is 12.9. The van der Waals surface area contributed by atoms with E-state index in [0.29, 0.717) is 48.4 Å². The summed E-state index contributed by atoms with van der Waals surface area (Å²) >= 11 is 12.3. The highest BCUT2D eigenvalue weighted by Gasteiger charge is 2.53. The number of ether oxygens (including phenoxy) is 1. The number of amides is 2. The summed E-state index contributed by atoms with van der Waals surface area (Å²) in [5.74, 6) is -0.0414. The smallest absolute Gasteiger partial charge is 0.237 e. The molecular weight excluding hydrogens is 377 g/mol. The molecule has 0 bridgehead atoms. The van der Waals surface area contributed by atoms with Crippen LogP contribution in [0.25, 0.3) is 0 Å². The Morgan fingerprint density at radius 1 is 1.38 bits per heavy atom. The van der Waals surface area contributed by atoms with Gasteiger partial charge in [-0.3, -0.25) is 9.59 Å². The van der Waals surface area contributed by atoms with Gasteiger partial charge in [0.05, 0.1) is 28.0 Å². The zero-order valence-corrected chi connectivity index (χ0v) is 16.0. The van der Waals surface area contributed by atoms with Gasteiger partial charge < -0.3 is 20.3 Å². The summed E-state index contributed by atoms with van der Waals surface area (Å²) in [7, 11) is 1.66. The first-order valence-electron chi connectivity index (χ1n) is 8.76. The minimum Gasteiger partial charge on any atom is -0.383 e. The number of fused-ring (bicyclic) bond motifs is 2. The molecule has 6 nitrogen and oxygen atoms in total. The molecule has 0 radical (unpaired) electrons. The van der Waals surface area contributed by atoms with Gasteiger partial charge in [0.2, 0.25) is 11.8 Å². The average Bonchev–Trinajstić information content (AvgIpc) is 3.30. The van der Waals surface area contributed by atoms with Crippen molar-refractivity contribution in [2.75, 3.05) is 38.7 Å². The number of hydrogen-bond donors (Lipinski definition) is 2. The van der Waals surface area contributed by atoms with E-state index < -0.39 is 5.41 Å². The fourth-order valence-corrected chi connectivity index (χ4v) is 4.73. The third-order valence-corrected chi connectivity index (χ3v) is 6.50. The third kappa shape index (κ3) is 2.80. The zero-order valence-electron chi connectivity index (χ0n) is 14.5. The van der Waals surface area contributed by atoms with Crippen LogP contribution in [0, 0.1) is 5.92 Å². The van der Waals surface area contributed by atoms with Crippen molar-refractivity contribution in [1.82, 2.24) is 10.2 Å². The minimum absolute atomic E-state index is 0.0666. The van der Waals surface area contributed by atoms with Crippen LogP contribution in [0.15, 0.2) is 12.1 Å². The molecule has 1 spiro atoms. The summed E-state index contributed by atoms with van der Waals surface area (Å²) < 4.78 is 5.17. The molecule has 0 saturated carbocycles. The highest BCUT2D eigenvalue weighted by Crippen LogP contribution is 2.47. The molecule has 0 unspecified atom stereocenters. The molecule has 2 N–H and O–H groups in total. The van der Waals surface area contributed by atoms with E-state index in [1.807, 2.05) is 4.90 Å². The second-order valence-corrected chi connectivity index (χ2v) is 8.17. The lowest BCUT2D eigenvalue weighted by atomic mass is 9.81. The molecule has 3 heterocycles. The van der Waals surface area contributed by atoms with Crippen molar-refractivity contribution < 1.29 is 14.3 Å². The molecule has 2 amide bonds. The number of nitrogens with zero attached hydrogens (tertiary/aromatic N) is 1. The van der Waals surface area contributed by atoms with Crippen molar-refractivity contribution in [3.05, 3.63) is 27.7 Å². The van der Waals surface area contributed by atoms with Gasteiger partial charge in [0.25, 0.3) is 0 Å². The fourth-order valence-electron chi connectivity index (χ4n) is 4.41. The number of methoxy groups -OCH3 is 1. The van der Waals surface area contributed by atoms with Gasteiger partial charge in [0, 0.05) is 38.5 Å². The molecular formula is C18H21Cl2N3O3. The lowest BCUT2D eigenvalue weighted by molar-refractivity contribution is -0.134. The van der Waals surface area contributed by atoms with Crippen LogP contribution >= 0.6 is 23.2 Å². The Balaban J connectivity index is 1.53. The quantitative estimate of drug-likeness (QED) is 0.818. The molecule has 0 aromatic heterocycles. The lowest BCUT2D eigenvalue weighted by Gasteiger charge is -2.24. The molecule has 8 heteroatoms. The molecule has 4 rings (SSSR count). The molecule has 1 aromatic carbocycles. The maximum Gasteiger partial charge on any atom is 0.237 e. The van der Waals surface area contributed by atoms with Crippen molar-refractivity contribution in [3.63, 3.8) is 0 Å². The Morgan fingerprint density at radius 2 is 2.15 bits per heavy atom. The topological polar surface area (TPSA) is 70.7 Å². The summed E-state index contributed by atoms with van der Waals surface area (Å²) in [4.78, 5) is 27.5. The summed E-state index contributed by atoms with van der Waals surface area (Å²) in [6, 6.07) is 3.66. The first-order valence-corrected chi connectivity index (χ1v) is 9.52. The van der Waals surface area contributed by atoms with Crippen LogP contribution in [-0.4, -0.2) is 56.1 Å². The largest absolute Gasteiger partial charge is 0.383 e. The van der Waals surface area contributed by atoms with Crippen molar-refractivity contribution in [1.29, 1.82) is 0 Å². The van der Waals surface area contributed by atoms with Gasteiger partial charge >= 0.3 is 0 Å². The number of hydrogen-bond acceptors (Lipinski definition) is 4. The second kappa shape index (κ2) is 6.68. The van der Waals surface area contributed by atoms with Crippen LogP contribution in [0.2, 0.25) is 10.0 Å². The fraction of sp³-hybridized carbons (Fsp3) is 0.556. The number of nitrogens with one attached hydrogen (secondary N) is 2. The van der Waals surface area contributed by atoms with E-state index in [0.717, 1.165) is 12.0 Å². The monoisotopic (exact) mass is 397 g/mol. The molecule has 0 aliphatic carbocycles. The van der Waals surface area contributed by atoms with Gasteiger partial charge in [-0.15, -0.1) is 0 Å². The Hall–Kier alpha value is -1.34. The molecule has 3 aliphatic heterocycles. The minimum atomic E-state index is -0.725. The Morgan fingerprint density at radius 3 is 2.92 bits per heavy atom. The van der Waals surface area contributed by atoms with Crippen molar-refractivity contribution in [2.45, 2.75) is 24.3 Å². The molecule has 3 atom stereocenters. The first-order chi connectivity index (χ1) is 12.4. The molecule has 26 heavy (non-hydrogen) atoms. The highest BCUT2D eigenvalue weighted by atomic mass is 35.5. The lowest BCUT2D eigenvalue weighted by Crippen LogP contribution is -2.41. The Labute approximate surface area is 162 Å². The van der Waals surface area contributed by atoms with E-state index in [-0.39, 0.29) is 23.8 Å². The normalized spacial score (nSPS) is 30.1. The molecule has 1 aromatic rings. The standard InChI is InChI=1S/C18H21Cl2N3O3/c1-26-8-11-4-10(7-21-11)16(24)23-3-2-18(9-23)12-5-13(19)14(20)6-15(12)22-17(18)25/h5-6,10-11,21H,2-4,7-9H2,1H3,(H,22,25)/t10-,11-,18-/m1/s1. The second-order valence-electron chi connectivity index (χ2n) is 7.35. The van der Waals surface area contributed by atoms with Crippen molar-refractivity contribution in [3.8, 4) is 0 Å². The zero-order chi connectivity index (χ0) is 18.5. The SMILES string of the molecule is COC[C@H]1C[C@@H](C(=O)N2CC[C@]3(C2)C(=O)Nc2cc(Cl)c(Cl)cc23)CN1. The van der Waals surface area contributed by atoms with E-state index in [2.05, 4.69) is 10.6 Å². The summed E-state index contributed by atoms with van der Waals surface area (Å²) in [5.41, 5.74) is 0.812. The number of rotatable bonds is 3. The van der Waals surface area contributed by atoms with Crippen LogP contribution < -0.4 is 10.6 Å². The van der Waals surface area contributed by atoms with Crippen LogP contribution in [0.1, 0.15) is 18.4 Å². The molecule has 140 valence electrons. The van der Waals surface area contributed by atoms with Crippen LogP contribution in [-0.2, 0) is 19.7 Å². The summed E-state index contributed by atoms with van der Waals surface area (Å²) in [6.07, 6.45) is 1.36. The average molecular weight is 398 g/mol. The predicted octanol–water partition coefficient (Wildman–Crippen LogP) is 2.04. The van der Waals surface area contributed by atoms with Gasteiger partial charge in [-0.25, -0.2) is 0 Å². The maximum atomic E-state index is 12.9. The van der Waals surface area contributed by atoms with Gasteiger partial charge in [0.1, 0.15) is 0 Å². The number of anilines is 1. The number of benzene rings is 1. The third-order valence-electron chi connectivity index (χ3n) is 5.78. The molecule has 2 fully saturated rings. The summed E-state index contributed by atoms with van der Waals surface area (Å²) in [6.45, 7) is 2.20. The van der Waals surface area contributed by atoms with Crippen LogP contribution in [0.3, 0.4) is 0 Å². The first kappa shape index (κ1) is 18.0. The Bertz CT molecular complexity index is 772. The van der Waals surface area contributed by atoms with E-state index in [9.17, 15) is 9.59 Å². The van der Waals surface area contributed by atoms with Gasteiger partial charge in [-0.05, 0) is 30.5 Å². The van der Waals surface area contributed by atoms with Crippen molar-refractivity contribution in [2.24, 2.45) is 5.92 Å². The van der Waals surface area contributed by atoms with Crippen LogP contribution in [0.5, 0.6) is 0 Å². The van der Waals surface area contributed by atoms with E-state index in [1.165, 1.54) is 0 Å². The van der Waals surface area contributed by atoms with E-state index in [4.69, 9.17) is 27.9 Å². The van der Waals surface area contributed by atoms with Crippen molar-refractivity contribution >= 4 is 40.7 Å². The number of likely N-dealkylation sites (tertiary alicyclic amines) is 1. The van der Waals surface area contributed by atoms with Gasteiger partial charge in [-0.1, -0.05) is 23.2 Å². The van der Waals surface area contributed by atoms with E-state index >= 15 is 0 Å². The van der Waals surface area contributed by atoms with E-state index in [1.54, 1.807) is 19.2 Å². The van der Waals surface area contributed by atoms with Crippen LogP contribution in [0.4, 0.5) is 5.69 Å². The molecule has 3 aliphatic rings.